The third kappa shape index (κ3) is 6.08. The first-order valence-electron chi connectivity index (χ1n) is 19.6. The summed E-state index contributed by atoms with van der Waals surface area (Å²) < 4.78 is 8.78. The highest BCUT2D eigenvalue weighted by atomic mass is 32.1. The summed E-state index contributed by atoms with van der Waals surface area (Å²) in [5.41, 5.74) is 13.1. The van der Waals surface area contributed by atoms with Crippen molar-refractivity contribution in [1.82, 2.24) is 0 Å². The topological polar surface area (TPSA) is 19.6 Å². The number of fused-ring (bicyclic) bond motifs is 6. The lowest BCUT2D eigenvalue weighted by molar-refractivity contribution is 0.669. The number of nitrogens with zero attached hydrogens (tertiary/aromatic N) is 2. The number of furan rings is 1. The fraction of sp³-hybridized carbons (Fsp3) is 0. The van der Waals surface area contributed by atoms with Crippen LogP contribution in [-0.4, -0.2) is 0 Å². The molecule has 0 saturated heterocycles. The predicted molar refractivity (Wildman–Crippen MR) is 247 cm³/mol. The Morgan fingerprint density at radius 2 is 0.810 bits per heavy atom. The van der Waals surface area contributed by atoms with E-state index in [1.165, 1.54) is 31.3 Å². The first kappa shape index (κ1) is 33.9. The molecule has 0 fully saturated rings. The minimum absolute atomic E-state index is 0.883. The third-order valence-electron chi connectivity index (χ3n) is 11.0. The summed E-state index contributed by atoms with van der Waals surface area (Å²) in [5.74, 6) is 0. The predicted octanol–water partition coefficient (Wildman–Crippen LogP) is 16.2. The van der Waals surface area contributed by atoms with Crippen molar-refractivity contribution in [2.45, 2.75) is 0 Å². The van der Waals surface area contributed by atoms with E-state index in [9.17, 15) is 0 Å². The van der Waals surface area contributed by atoms with E-state index in [0.717, 1.165) is 67.2 Å². The lowest BCUT2D eigenvalue weighted by Gasteiger charge is -2.27. The molecule has 3 nitrogen and oxygen atoms in total. The summed E-state index contributed by atoms with van der Waals surface area (Å²) in [6.45, 7) is 0. The molecule has 2 aromatic heterocycles. The van der Waals surface area contributed by atoms with Crippen molar-refractivity contribution in [2.24, 2.45) is 0 Å². The van der Waals surface area contributed by atoms with Crippen LogP contribution in [0.25, 0.3) is 64.4 Å². The molecule has 0 aliphatic heterocycles. The smallest absolute Gasteiger partial charge is 0.135 e. The lowest BCUT2D eigenvalue weighted by atomic mass is 9.96. The second kappa shape index (κ2) is 14.3. The van der Waals surface area contributed by atoms with Crippen molar-refractivity contribution in [3.8, 4) is 22.3 Å². The van der Waals surface area contributed by atoms with Gasteiger partial charge in [0.15, 0.2) is 0 Å². The maximum absolute atomic E-state index is 6.25. The fourth-order valence-corrected chi connectivity index (χ4v) is 9.39. The molecule has 0 aliphatic carbocycles. The molecular weight excluding hydrogens is 725 g/mol. The van der Waals surface area contributed by atoms with Gasteiger partial charge in [0.25, 0.3) is 0 Å². The fourth-order valence-electron chi connectivity index (χ4n) is 8.27. The zero-order valence-electron chi connectivity index (χ0n) is 31.5. The highest BCUT2D eigenvalue weighted by Gasteiger charge is 2.19. The minimum atomic E-state index is 0.883. The van der Waals surface area contributed by atoms with Gasteiger partial charge in [-0.25, -0.2) is 0 Å². The van der Waals surface area contributed by atoms with Crippen LogP contribution < -0.4 is 9.80 Å². The highest BCUT2D eigenvalue weighted by Crippen LogP contribution is 2.44. The zero-order valence-corrected chi connectivity index (χ0v) is 32.3. The summed E-state index contributed by atoms with van der Waals surface area (Å²) in [6.07, 6.45) is 0. The summed E-state index contributed by atoms with van der Waals surface area (Å²) in [7, 11) is 0. The van der Waals surface area contributed by atoms with Crippen molar-refractivity contribution >= 4 is 87.6 Å². The van der Waals surface area contributed by atoms with Crippen LogP contribution >= 0.6 is 11.3 Å². The Morgan fingerprint density at radius 3 is 1.48 bits per heavy atom. The van der Waals surface area contributed by atoms with E-state index in [0.29, 0.717) is 0 Å². The van der Waals surface area contributed by atoms with Crippen molar-refractivity contribution < 1.29 is 4.42 Å². The lowest BCUT2D eigenvalue weighted by Crippen LogP contribution is -2.10. The first-order valence-corrected chi connectivity index (χ1v) is 20.4. The van der Waals surface area contributed by atoms with Crippen LogP contribution in [0.15, 0.2) is 223 Å². The van der Waals surface area contributed by atoms with Gasteiger partial charge >= 0.3 is 0 Å². The molecule has 4 heteroatoms. The van der Waals surface area contributed by atoms with Gasteiger partial charge in [0.2, 0.25) is 0 Å². The molecule has 11 rings (SSSR count). The first-order chi connectivity index (χ1) is 28.7. The van der Waals surface area contributed by atoms with E-state index in [4.69, 9.17) is 4.42 Å². The summed E-state index contributed by atoms with van der Waals surface area (Å²) in [6, 6.07) is 78.2. The standard InChI is InChI=1S/C54H36N2OS/c1-5-15-37(16-6-1)39-31-40(33-46(32-39)56(43-21-11-4-12-22-43)44-26-29-52-49(35-44)47-23-13-14-24-51(47)57-52)38-25-28-48-50-36-45(27-30-53(50)58-54(48)34-38)55(41-17-7-2-8-18-41)42-19-9-3-10-20-42/h1-36H. The van der Waals surface area contributed by atoms with E-state index in [2.05, 4.69) is 216 Å². The maximum Gasteiger partial charge on any atom is 0.135 e. The third-order valence-corrected chi connectivity index (χ3v) is 12.1. The SMILES string of the molecule is c1ccc(-c2cc(-c3ccc4c(c3)sc3ccc(N(c5ccccc5)c5ccccc5)cc34)cc(N(c3ccccc3)c3ccc4oc5ccccc5c4c3)c2)cc1. The maximum atomic E-state index is 6.25. The summed E-state index contributed by atoms with van der Waals surface area (Å²) >= 11 is 1.85. The molecule has 0 N–H and O–H groups in total. The number of para-hydroxylation sites is 4. The Kier molecular flexibility index (Phi) is 8.34. The zero-order chi connectivity index (χ0) is 38.4. The summed E-state index contributed by atoms with van der Waals surface area (Å²) in [5, 5.41) is 4.74. The average Bonchev–Trinajstić information content (AvgIpc) is 3.85. The molecule has 0 radical (unpaired) electrons. The Labute approximate surface area is 340 Å². The molecule has 0 bridgehead atoms. The van der Waals surface area contributed by atoms with Crippen LogP contribution in [0.4, 0.5) is 34.1 Å². The molecule has 0 aliphatic rings. The normalized spacial score (nSPS) is 11.4. The second-order valence-corrected chi connectivity index (χ2v) is 15.7. The van der Waals surface area contributed by atoms with Gasteiger partial charge in [-0.2, -0.15) is 0 Å². The van der Waals surface area contributed by atoms with Crippen LogP contribution in [0.5, 0.6) is 0 Å². The Bertz CT molecular complexity index is 3190. The van der Waals surface area contributed by atoms with Crippen molar-refractivity contribution in [2.75, 3.05) is 9.80 Å². The van der Waals surface area contributed by atoms with Gasteiger partial charge in [-0.1, -0.05) is 115 Å². The van der Waals surface area contributed by atoms with Crippen LogP contribution in [0.2, 0.25) is 0 Å². The van der Waals surface area contributed by atoms with Crippen molar-refractivity contribution in [3.05, 3.63) is 218 Å². The largest absolute Gasteiger partial charge is 0.456 e. The quantitative estimate of drug-likeness (QED) is 0.154. The molecule has 0 unspecified atom stereocenters. The van der Waals surface area contributed by atoms with Gasteiger partial charge in [-0.3, -0.25) is 0 Å². The molecule has 2 heterocycles. The number of hydrogen-bond acceptors (Lipinski definition) is 4. The molecule has 9 aromatic carbocycles. The van der Waals surface area contributed by atoms with E-state index in [1.54, 1.807) is 0 Å². The highest BCUT2D eigenvalue weighted by molar-refractivity contribution is 7.25. The van der Waals surface area contributed by atoms with Gasteiger partial charge < -0.3 is 14.2 Å². The number of hydrogen-bond donors (Lipinski definition) is 0. The molecule has 0 saturated carbocycles. The molecule has 0 amide bonds. The number of rotatable bonds is 8. The number of anilines is 6. The van der Waals surface area contributed by atoms with Gasteiger partial charge in [0, 0.05) is 65.1 Å². The molecule has 11 aromatic rings. The Hall–Kier alpha value is -7.40. The van der Waals surface area contributed by atoms with Gasteiger partial charge in [-0.05, 0) is 125 Å². The van der Waals surface area contributed by atoms with Crippen LogP contribution in [0, 0.1) is 0 Å². The van der Waals surface area contributed by atoms with E-state index < -0.39 is 0 Å². The monoisotopic (exact) mass is 760 g/mol. The minimum Gasteiger partial charge on any atom is -0.456 e. The van der Waals surface area contributed by atoms with E-state index in [1.807, 2.05) is 23.5 Å². The van der Waals surface area contributed by atoms with Crippen molar-refractivity contribution in [3.63, 3.8) is 0 Å². The number of thiophene rings is 1. The molecule has 0 atom stereocenters. The van der Waals surface area contributed by atoms with Gasteiger partial charge in [0.1, 0.15) is 11.2 Å². The Balaban J connectivity index is 1.06. The Morgan fingerprint density at radius 1 is 0.276 bits per heavy atom. The second-order valence-electron chi connectivity index (χ2n) is 14.6. The molecular formula is C54H36N2OS. The van der Waals surface area contributed by atoms with Crippen LogP contribution in [0.1, 0.15) is 0 Å². The van der Waals surface area contributed by atoms with Crippen LogP contribution in [0.3, 0.4) is 0 Å². The van der Waals surface area contributed by atoms with E-state index in [-0.39, 0.29) is 0 Å². The molecule has 0 spiro atoms. The number of benzene rings is 9. The van der Waals surface area contributed by atoms with Crippen molar-refractivity contribution in [1.29, 1.82) is 0 Å². The average molecular weight is 761 g/mol. The summed E-state index contributed by atoms with van der Waals surface area (Å²) in [4.78, 5) is 4.70. The van der Waals surface area contributed by atoms with E-state index >= 15 is 0 Å². The molecule has 274 valence electrons. The van der Waals surface area contributed by atoms with Crippen LogP contribution in [-0.2, 0) is 0 Å². The molecule has 58 heavy (non-hydrogen) atoms. The van der Waals surface area contributed by atoms with Gasteiger partial charge in [-0.15, -0.1) is 11.3 Å². The van der Waals surface area contributed by atoms with Gasteiger partial charge in [0.05, 0.1) is 0 Å².